The molecule has 0 saturated heterocycles. The lowest BCUT2D eigenvalue weighted by Crippen LogP contribution is -2.50. The predicted molar refractivity (Wildman–Crippen MR) is 139 cm³/mol. The first kappa shape index (κ1) is 27.7. The smallest absolute Gasteiger partial charge is 0.264 e. The summed E-state index contributed by atoms with van der Waals surface area (Å²) < 4.78 is 47.3. The van der Waals surface area contributed by atoms with Crippen molar-refractivity contribution >= 4 is 27.5 Å². The van der Waals surface area contributed by atoms with E-state index >= 15 is 0 Å². The van der Waals surface area contributed by atoms with Gasteiger partial charge in [0, 0.05) is 13.6 Å². The average Bonchev–Trinajstić information content (AvgIpc) is 2.91. The summed E-state index contributed by atoms with van der Waals surface area (Å²) in [4.78, 5) is 27.3. The molecular formula is C27H30FN3O5S. The van der Waals surface area contributed by atoms with E-state index in [4.69, 9.17) is 4.74 Å². The summed E-state index contributed by atoms with van der Waals surface area (Å²) in [6, 6.07) is 18.8. The number of ether oxygens (including phenoxy) is 1. The third-order valence-corrected chi connectivity index (χ3v) is 7.51. The Morgan fingerprint density at radius 2 is 1.59 bits per heavy atom. The van der Waals surface area contributed by atoms with Crippen LogP contribution in [-0.2, 0) is 26.2 Å². The normalized spacial score (nSPS) is 11.9. The van der Waals surface area contributed by atoms with Crippen molar-refractivity contribution in [3.63, 3.8) is 0 Å². The van der Waals surface area contributed by atoms with Gasteiger partial charge in [-0.25, -0.2) is 12.8 Å². The van der Waals surface area contributed by atoms with E-state index in [0.717, 1.165) is 4.31 Å². The van der Waals surface area contributed by atoms with Crippen LogP contribution in [0.25, 0.3) is 0 Å². The molecule has 0 aliphatic carbocycles. The van der Waals surface area contributed by atoms with E-state index in [1.807, 2.05) is 6.92 Å². The van der Waals surface area contributed by atoms with Gasteiger partial charge in [-0.2, -0.15) is 0 Å². The molecule has 0 spiro atoms. The number of hydrogen-bond donors (Lipinski definition) is 1. The van der Waals surface area contributed by atoms with E-state index in [-0.39, 0.29) is 11.4 Å². The second-order valence-corrected chi connectivity index (χ2v) is 10.1. The van der Waals surface area contributed by atoms with Crippen molar-refractivity contribution in [1.29, 1.82) is 0 Å². The monoisotopic (exact) mass is 527 g/mol. The number of halogens is 1. The summed E-state index contributed by atoms with van der Waals surface area (Å²) >= 11 is 0. The number of likely N-dealkylation sites (N-methyl/N-ethyl adjacent to an activating group) is 1. The Hall–Kier alpha value is -3.92. The van der Waals surface area contributed by atoms with E-state index in [0.29, 0.717) is 23.6 Å². The number of benzene rings is 3. The van der Waals surface area contributed by atoms with Gasteiger partial charge in [0.25, 0.3) is 10.0 Å². The highest BCUT2D eigenvalue weighted by Gasteiger charge is 2.32. The molecule has 1 atom stereocenters. The quantitative estimate of drug-likeness (QED) is 0.411. The Bertz CT molecular complexity index is 1300. The lowest BCUT2D eigenvalue weighted by atomic mass is 10.1. The van der Waals surface area contributed by atoms with Gasteiger partial charge in [-0.3, -0.25) is 13.9 Å². The van der Waals surface area contributed by atoms with Crippen LogP contribution in [0.15, 0.2) is 83.8 Å². The molecule has 3 aromatic carbocycles. The number of para-hydroxylation sites is 1. The van der Waals surface area contributed by atoms with E-state index < -0.39 is 40.2 Å². The molecule has 0 saturated carbocycles. The van der Waals surface area contributed by atoms with E-state index in [2.05, 4.69) is 5.32 Å². The Balaban J connectivity index is 1.98. The molecule has 3 aromatic rings. The fourth-order valence-electron chi connectivity index (χ4n) is 3.70. The fourth-order valence-corrected chi connectivity index (χ4v) is 5.12. The Kier molecular flexibility index (Phi) is 9.24. The number of carbonyl (C=O) groups is 2. The summed E-state index contributed by atoms with van der Waals surface area (Å²) in [6.45, 7) is 3.24. The van der Waals surface area contributed by atoms with Gasteiger partial charge in [-0.1, -0.05) is 30.3 Å². The van der Waals surface area contributed by atoms with Gasteiger partial charge in [0.1, 0.15) is 24.2 Å². The van der Waals surface area contributed by atoms with Crippen molar-refractivity contribution in [3.05, 3.63) is 90.2 Å². The topological polar surface area (TPSA) is 96.0 Å². The van der Waals surface area contributed by atoms with Crippen LogP contribution in [-0.4, -0.2) is 51.4 Å². The minimum atomic E-state index is -4.16. The molecule has 0 heterocycles. The molecule has 0 unspecified atom stereocenters. The molecule has 37 heavy (non-hydrogen) atoms. The highest BCUT2D eigenvalue weighted by atomic mass is 32.2. The first-order chi connectivity index (χ1) is 17.7. The second-order valence-electron chi connectivity index (χ2n) is 8.19. The number of nitrogens with one attached hydrogen (secondary N) is 1. The maximum Gasteiger partial charge on any atom is 0.264 e. The summed E-state index contributed by atoms with van der Waals surface area (Å²) in [5.74, 6) is -0.929. The molecule has 196 valence electrons. The zero-order valence-electron chi connectivity index (χ0n) is 20.9. The number of amides is 2. The minimum Gasteiger partial charge on any atom is -0.494 e. The summed E-state index contributed by atoms with van der Waals surface area (Å²) in [5, 5.41) is 2.52. The van der Waals surface area contributed by atoms with Crippen molar-refractivity contribution in [3.8, 4) is 5.75 Å². The van der Waals surface area contributed by atoms with Crippen LogP contribution in [0.5, 0.6) is 5.75 Å². The molecule has 0 radical (unpaired) electrons. The molecule has 0 fully saturated rings. The highest BCUT2D eigenvalue weighted by Crippen LogP contribution is 2.26. The first-order valence-corrected chi connectivity index (χ1v) is 13.2. The number of anilines is 1. The Morgan fingerprint density at radius 3 is 2.16 bits per heavy atom. The van der Waals surface area contributed by atoms with Crippen LogP contribution < -0.4 is 14.4 Å². The fraction of sp³-hybridized carbons (Fsp3) is 0.259. The highest BCUT2D eigenvalue weighted by molar-refractivity contribution is 7.92. The molecule has 3 rings (SSSR count). The van der Waals surface area contributed by atoms with Crippen molar-refractivity contribution in [2.75, 3.05) is 24.5 Å². The van der Waals surface area contributed by atoms with E-state index in [1.54, 1.807) is 49.4 Å². The number of rotatable bonds is 11. The molecule has 1 N–H and O–H groups in total. The third kappa shape index (κ3) is 6.85. The summed E-state index contributed by atoms with van der Waals surface area (Å²) in [5.41, 5.74) is 0.880. The average molecular weight is 528 g/mol. The summed E-state index contributed by atoms with van der Waals surface area (Å²) in [7, 11) is -2.71. The van der Waals surface area contributed by atoms with E-state index in [9.17, 15) is 22.4 Å². The third-order valence-electron chi connectivity index (χ3n) is 5.73. The Labute approximate surface area is 216 Å². The van der Waals surface area contributed by atoms with Crippen LogP contribution in [0.2, 0.25) is 0 Å². The van der Waals surface area contributed by atoms with Crippen molar-refractivity contribution < 1.29 is 27.1 Å². The van der Waals surface area contributed by atoms with Crippen molar-refractivity contribution in [2.45, 2.75) is 31.3 Å². The predicted octanol–water partition coefficient (Wildman–Crippen LogP) is 3.58. The van der Waals surface area contributed by atoms with Crippen LogP contribution >= 0.6 is 0 Å². The van der Waals surface area contributed by atoms with Crippen LogP contribution in [0.1, 0.15) is 19.4 Å². The van der Waals surface area contributed by atoms with E-state index in [1.165, 1.54) is 48.3 Å². The molecule has 10 heteroatoms. The maximum absolute atomic E-state index is 13.7. The number of hydrogen-bond acceptors (Lipinski definition) is 5. The van der Waals surface area contributed by atoms with Crippen molar-refractivity contribution in [2.24, 2.45) is 0 Å². The largest absolute Gasteiger partial charge is 0.494 e. The first-order valence-electron chi connectivity index (χ1n) is 11.7. The maximum atomic E-state index is 13.7. The lowest BCUT2D eigenvalue weighted by molar-refractivity contribution is -0.139. The molecular weight excluding hydrogens is 497 g/mol. The van der Waals surface area contributed by atoms with Crippen LogP contribution in [0.4, 0.5) is 10.1 Å². The zero-order chi connectivity index (χ0) is 27.0. The van der Waals surface area contributed by atoms with Crippen LogP contribution in [0.3, 0.4) is 0 Å². The molecule has 0 aromatic heterocycles. The number of nitrogens with zero attached hydrogens (tertiary/aromatic N) is 2. The number of carbonyl (C=O) groups excluding carboxylic acids is 2. The molecule has 2 amide bonds. The SMILES string of the molecule is CCOc1ccc(S(=O)(=O)N(CC(=O)N(Cc2ccc(F)cc2)[C@H](C)C(=O)NC)c2ccccc2)cc1. The second kappa shape index (κ2) is 12.4. The van der Waals surface area contributed by atoms with Gasteiger partial charge in [0.15, 0.2) is 0 Å². The molecule has 0 aliphatic heterocycles. The number of sulfonamides is 1. The van der Waals surface area contributed by atoms with Gasteiger partial charge >= 0.3 is 0 Å². The van der Waals surface area contributed by atoms with Crippen LogP contribution in [0, 0.1) is 5.82 Å². The van der Waals surface area contributed by atoms with Gasteiger partial charge in [0.05, 0.1) is 17.2 Å². The summed E-state index contributed by atoms with van der Waals surface area (Å²) in [6.07, 6.45) is 0. The lowest BCUT2D eigenvalue weighted by Gasteiger charge is -2.31. The zero-order valence-corrected chi connectivity index (χ0v) is 21.7. The molecule has 0 bridgehead atoms. The standard InChI is InChI=1S/C27H30FN3O5S/c1-4-36-24-14-16-25(17-15-24)37(34,35)31(23-8-6-5-7-9-23)19-26(32)30(20(2)27(33)29-3)18-21-10-12-22(28)13-11-21/h5-17,20H,4,18-19H2,1-3H3,(H,29,33)/t20-/m1/s1. The van der Waals surface area contributed by atoms with Gasteiger partial charge in [0.2, 0.25) is 11.8 Å². The van der Waals surface area contributed by atoms with Gasteiger partial charge < -0.3 is 15.0 Å². The van der Waals surface area contributed by atoms with Crippen molar-refractivity contribution in [1.82, 2.24) is 10.2 Å². The molecule has 0 aliphatic rings. The Morgan fingerprint density at radius 1 is 0.973 bits per heavy atom. The minimum absolute atomic E-state index is 0.0145. The van der Waals surface area contributed by atoms with Gasteiger partial charge in [-0.05, 0) is 67.9 Å². The molecule has 8 nitrogen and oxygen atoms in total. The van der Waals surface area contributed by atoms with Gasteiger partial charge in [-0.15, -0.1) is 0 Å².